The summed E-state index contributed by atoms with van der Waals surface area (Å²) >= 11 is 6.24. The molecule has 0 amide bonds. The molecular weight excluding hydrogens is 290 g/mol. The summed E-state index contributed by atoms with van der Waals surface area (Å²) in [6.07, 6.45) is 3.78. The molecule has 3 heterocycles. The average Bonchev–Trinajstić information content (AvgIpc) is 2.50. The molecule has 1 aromatic rings. The molecule has 3 saturated heterocycles. The third-order valence-electron chi connectivity index (χ3n) is 4.42. The number of fused-ring (bicyclic) bond motifs is 3. The summed E-state index contributed by atoms with van der Waals surface area (Å²) in [4.78, 5) is 2.26. The molecule has 0 radical (unpaired) electrons. The van der Waals surface area contributed by atoms with Crippen LogP contribution in [0, 0.1) is 5.92 Å². The Morgan fingerprint density at radius 3 is 2.52 bits per heavy atom. The van der Waals surface area contributed by atoms with E-state index in [1.807, 2.05) is 18.2 Å². The molecule has 1 atom stereocenters. The van der Waals surface area contributed by atoms with Crippen LogP contribution in [0.1, 0.15) is 18.4 Å². The Bertz CT molecular complexity index is 561. The highest BCUT2D eigenvalue weighted by molar-refractivity contribution is 6.32. The lowest BCUT2D eigenvalue weighted by molar-refractivity contribution is 0.0215. The number of aliphatic hydroxyl groups is 1. The third-order valence-corrected chi connectivity index (χ3v) is 4.71. The van der Waals surface area contributed by atoms with Gasteiger partial charge in [-0.3, -0.25) is 0 Å². The molecule has 1 aromatic carbocycles. The van der Waals surface area contributed by atoms with Crippen molar-refractivity contribution < 1.29 is 14.6 Å². The molecule has 0 saturated carbocycles. The van der Waals surface area contributed by atoms with Gasteiger partial charge in [0.25, 0.3) is 0 Å². The summed E-state index contributed by atoms with van der Waals surface area (Å²) in [6, 6.07) is 3.72. The van der Waals surface area contributed by atoms with E-state index in [4.69, 9.17) is 21.1 Å². The van der Waals surface area contributed by atoms with Gasteiger partial charge in [0, 0.05) is 18.8 Å². The van der Waals surface area contributed by atoms with Gasteiger partial charge in [0.05, 0.1) is 25.3 Å². The molecule has 21 heavy (non-hydrogen) atoms. The Balaban J connectivity index is 1.97. The minimum atomic E-state index is -0.376. The predicted octanol–water partition coefficient (Wildman–Crippen LogP) is 2.78. The molecule has 2 bridgehead atoms. The molecule has 114 valence electrons. The standard InChI is InChI=1S/C16H20ClNO3/c1-20-14-9-10(7-12(17)16(14)21-2)8-13-15(19)11-3-5-18(13)6-4-11/h7-9,11,15,19H,3-6H2,1-2H3. The van der Waals surface area contributed by atoms with Gasteiger partial charge in [-0.1, -0.05) is 11.6 Å². The van der Waals surface area contributed by atoms with E-state index in [9.17, 15) is 5.11 Å². The summed E-state index contributed by atoms with van der Waals surface area (Å²) < 4.78 is 10.6. The first-order valence-corrected chi connectivity index (χ1v) is 7.58. The van der Waals surface area contributed by atoms with Crippen molar-refractivity contribution in [2.75, 3.05) is 27.3 Å². The Kier molecular flexibility index (Phi) is 4.00. The number of hydrogen-bond acceptors (Lipinski definition) is 4. The topological polar surface area (TPSA) is 41.9 Å². The van der Waals surface area contributed by atoms with Crippen molar-refractivity contribution in [1.82, 2.24) is 4.90 Å². The van der Waals surface area contributed by atoms with Gasteiger partial charge >= 0.3 is 0 Å². The molecule has 4 nitrogen and oxygen atoms in total. The van der Waals surface area contributed by atoms with E-state index in [1.54, 1.807) is 14.2 Å². The van der Waals surface area contributed by atoms with Crippen molar-refractivity contribution in [3.63, 3.8) is 0 Å². The van der Waals surface area contributed by atoms with Crippen LogP contribution in [0.5, 0.6) is 11.5 Å². The molecule has 3 aliphatic heterocycles. The van der Waals surface area contributed by atoms with Crippen molar-refractivity contribution in [2.45, 2.75) is 18.9 Å². The number of hydrogen-bond donors (Lipinski definition) is 1. The third kappa shape index (κ3) is 2.58. The number of ether oxygens (including phenoxy) is 2. The lowest BCUT2D eigenvalue weighted by Gasteiger charge is -2.45. The second-order valence-electron chi connectivity index (χ2n) is 5.58. The Morgan fingerprint density at radius 2 is 1.95 bits per heavy atom. The minimum Gasteiger partial charge on any atom is -0.493 e. The fourth-order valence-corrected chi connectivity index (χ4v) is 3.57. The Morgan fingerprint density at radius 1 is 1.24 bits per heavy atom. The fraction of sp³-hybridized carbons (Fsp3) is 0.500. The van der Waals surface area contributed by atoms with Gasteiger partial charge in [-0.25, -0.2) is 0 Å². The van der Waals surface area contributed by atoms with Crippen molar-refractivity contribution in [3.05, 3.63) is 28.4 Å². The second-order valence-corrected chi connectivity index (χ2v) is 5.98. The van der Waals surface area contributed by atoms with Crippen molar-refractivity contribution in [2.24, 2.45) is 5.92 Å². The number of nitrogens with zero attached hydrogens (tertiary/aromatic N) is 1. The number of methoxy groups -OCH3 is 2. The van der Waals surface area contributed by atoms with E-state index >= 15 is 0 Å². The zero-order valence-electron chi connectivity index (χ0n) is 12.3. The summed E-state index contributed by atoms with van der Waals surface area (Å²) in [5.74, 6) is 1.52. The number of benzene rings is 1. The summed E-state index contributed by atoms with van der Waals surface area (Å²) in [5, 5.41) is 10.9. The smallest absolute Gasteiger partial charge is 0.179 e. The average molecular weight is 310 g/mol. The van der Waals surface area contributed by atoms with Gasteiger partial charge in [-0.2, -0.15) is 0 Å². The summed E-state index contributed by atoms with van der Waals surface area (Å²) in [5.41, 5.74) is 1.90. The zero-order valence-corrected chi connectivity index (χ0v) is 13.1. The van der Waals surface area contributed by atoms with Crippen LogP contribution in [0.2, 0.25) is 5.02 Å². The van der Waals surface area contributed by atoms with Crippen LogP contribution in [0.3, 0.4) is 0 Å². The van der Waals surface area contributed by atoms with Crippen LogP contribution >= 0.6 is 11.6 Å². The van der Waals surface area contributed by atoms with E-state index in [2.05, 4.69) is 4.90 Å². The molecule has 1 N–H and O–H groups in total. The van der Waals surface area contributed by atoms with Crippen LogP contribution < -0.4 is 9.47 Å². The first-order chi connectivity index (χ1) is 10.1. The highest BCUT2D eigenvalue weighted by Crippen LogP contribution is 2.39. The summed E-state index contributed by atoms with van der Waals surface area (Å²) in [7, 11) is 3.16. The van der Waals surface area contributed by atoms with E-state index < -0.39 is 0 Å². The first-order valence-electron chi connectivity index (χ1n) is 7.20. The van der Waals surface area contributed by atoms with Gasteiger partial charge in [0.15, 0.2) is 11.5 Å². The number of halogens is 1. The zero-order chi connectivity index (χ0) is 15.0. The molecule has 3 fully saturated rings. The highest BCUT2D eigenvalue weighted by Gasteiger charge is 2.36. The normalized spacial score (nSPS) is 26.3. The SMILES string of the molecule is COc1cc(C=C2C(O)C3CCN2CC3)cc(Cl)c1OC. The quantitative estimate of drug-likeness (QED) is 0.932. The lowest BCUT2D eigenvalue weighted by Crippen LogP contribution is -2.48. The molecule has 4 rings (SSSR count). The van der Waals surface area contributed by atoms with E-state index in [1.165, 1.54) is 0 Å². The Hall–Kier alpha value is -1.39. The van der Waals surface area contributed by atoms with Crippen molar-refractivity contribution in [1.29, 1.82) is 0 Å². The fourth-order valence-electron chi connectivity index (χ4n) is 3.27. The number of rotatable bonds is 3. The van der Waals surface area contributed by atoms with Crippen LogP contribution in [0.15, 0.2) is 17.8 Å². The van der Waals surface area contributed by atoms with Crippen molar-refractivity contribution in [3.8, 4) is 11.5 Å². The molecule has 0 aliphatic carbocycles. The van der Waals surface area contributed by atoms with Gasteiger partial charge in [-0.05, 0) is 42.5 Å². The highest BCUT2D eigenvalue weighted by atomic mass is 35.5. The maximum Gasteiger partial charge on any atom is 0.179 e. The molecule has 0 aromatic heterocycles. The molecule has 1 unspecified atom stereocenters. The largest absolute Gasteiger partial charge is 0.493 e. The van der Waals surface area contributed by atoms with Gasteiger partial charge < -0.3 is 19.5 Å². The van der Waals surface area contributed by atoms with Crippen molar-refractivity contribution >= 4 is 17.7 Å². The first kappa shape index (κ1) is 14.5. The van der Waals surface area contributed by atoms with Gasteiger partial charge in [0.2, 0.25) is 0 Å². The molecule has 0 spiro atoms. The lowest BCUT2D eigenvalue weighted by atomic mass is 9.83. The van der Waals surface area contributed by atoms with E-state index in [0.29, 0.717) is 22.4 Å². The van der Waals surface area contributed by atoms with E-state index in [0.717, 1.165) is 37.2 Å². The van der Waals surface area contributed by atoms with Crippen LogP contribution in [-0.2, 0) is 0 Å². The minimum absolute atomic E-state index is 0.376. The molecule has 5 heteroatoms. The maximum absolute atomic E-state index is 10.4. The molecule has 3 aliphatic rings. The predicted molar refractivity (Wildman–Crippen MR) is 82.8 cm³/mol. The second kappa shape index (κ2) is 5.78. The molecular formula is C16H20ClNO3. The van der Waals surface area contributed by atoms with Crippen LogP contribution in [0.4, 0.5) is 0 Å². The van der Waals surface area contributed by atoms with E-state index in [-0.39, 0.29) is 6.10 Å². The van der Waals surface area contributed by atoms with Gasteiger partial charge in [0.1, 0.15) is 0 Å². The number of aliphatic hydroxyl groups excluding tert-OH is 1. The summed E-state index contributed by atoms with van der Waals surface area (Å²) in [6.45, 7) is 2.04. The maximum atomic E-state index is 10.4. The van der Waals surface area contributed by atoms with Crippen LogP contribution in [-0.4, -0.2) is 43.4 Å². The Labute approximate surface area is 129 Å². The van der Waals surface area contributed by atoms with Crippen LogP contribution in [0.25, 0.3) is 6.08 Å². The monoisotopic (exact) mass is 309 g/mol. The van der Waals surface area contributed by atoms with Gasteiger partial charge in [-0.15, -0.1) is 0 Å². The number of piperidine rings is 3.